The number of ether oxygens (including phenoxy) is 1. The molecule has 2 aromatic carbocycles. The molecule has 4 aromatic rings. The molecule has 0 unspecified atom stereocenters. The van der Waals surface area contributed by atoms with E-state index in [1.165, 1.54) is 31.6 Å². The number of sulfone groups is 1. The third-order valence-electron chi connectivity index (χ3n) is 5.24. The van der Waals surface area contributed by atoms with Gasteiger partial charge in [-0.3, -0.25) is 0 Å². The first-order valence-corrected chi connectivity index (χ1v) is 11.7. The molecule has 0 aliphatic carbocycles. The highest BCUT2D eigenvalue weighted by Crippen LogP contribution is 2.38. The predicted octanol–water partition coefficient (Wildman–Crippen LogP) is 3.53. The maximum Gasteiger partial charge on any atom is 0.182 e. The van der Waals surface area contributed by atoms with E-state index in [1.54, 1.807) is 25.4 Å². The van der Waals surface area contributed by atoms with Gasteiger partial charge in [0.05, 0.1) is 18.3 Å². The number of anilines is 1. The SMILES string of the molecule is COc1c(CCNc2ncnc3nc[nH]c23)cc(F)c(C)c1-c1ccc(S(C)(=O)=O)cc1. The van der Waals surface area contributed by atoms with E-state index < -0.39 is 9.84 Å². The standard InChI is InChI=1S/C22H22FN5O3S/c1-13-17(23)10-15(8-9-24-21-19-22(26-11-25-19)28-12-27-21)20(31-2)18(13)14-4-6-16(7-5-14)32(3,29)30/h4-7,10-12H,8-9H2,1-3H3,(H2,24,25,26,27,28). The van der Waals surface area contributed by atoms with Crippen molar-refractivity contribution in [3.8, 4) is 16.9 Å². The first-order valence-electron chi connectivity index (χ1n) is 9.84. The Morgan fingerprint density at radius 3 is 2.59 bits per heavy atom. The van der Waals surface area contributed by atoms with Crippen LogP contribution in [0.2, 0.25) is 0 Å². The lowest BCUT2D eigenvalue weighted by Crippen LogP contribution is -2.09. The van der Waals surface area contributed by atoms with Gasteiger partial charge in [-0.15, -0.1) is 0 Å². The maximum absolute atomic E-state index is 14.8. The van der Waals surface area contributed by atoms with E-state index in [2.05, 4.69) is 25.3 Å². The molecule has 2 aromatic heterocycles. The largest absolute Gasteiger partial charge is 0.496 e. The van der Waals surface area contributed by atoms with Crippen LogP contribution >= 0.6 is 0 Å². The lowest BCUT2D eigenvalue weighted by molar-refractivity contribution is 0.410. The van der Waals surface area contributed by atoms with Crippen LogP contribution in [0.4, 0.5) is 10.2 Å². The highest BCUT2D eigenvalue weighted by Gasteiger charge is 2.19. The van der Waals surface area contributed by atoms with E-state index in [1.807, 2.05) is 0 Å². The second kappa shape index (κ2) is 8.54. The van der Waals surface area contributed by atoms with E-state index in [4.69, 9.17) is 4.74 Å². The molecule has 10 heteroatoms. The van der Waals surface area contributed by atoms with Crippen molar-refractivity contribution in [1.29, 1.82) is 0 Å². The van der Waals surface area contributed by atoms with Crippen LogP contribution in [0.5, 0.6) is 5.75 Å². The third kappa shape index (κ3) is 4.13. The minimum Gasteiger partial charge on any atom is -0.496 e. The van der Waals surface area contributed by atoms with Gasteiger partial charge in [-0.2, -0.15) is 0 Å². The number of H-pyrrole nitrogens is 1. The van der Waals surface area contributed by atoms with E-state index in [0.29, 0.717) is 58.0 Å². The summed E-state index contributed by atoms with van der Waals surface area (Å²) in [6.07, 6.45) is 4.59. The van der Waals surface area contributed by atoms with E-state index in [9.17, 15) is 12.8 Å². The van der Waals surface area contributed by atoms with Gasteiger partial charge in [-0.1, -0.05) is 12.1 Å². The number of hydrogen-bond donors (Lipinski definition) is 2. The summed E-state index contributed by atoms with van der Waals surface area (Å²) in [6, 6.07) is 7.83. The number of nitrogens with one attached hydrogen (secondary N) is 2. The number of hydrogen-bond acceptors (Lipinski definition) is 7. The Kier molecular flexibility index (Phi) is 5.79. The zero-order valence-corrected chi connectivity index (χ0v) is 18.6. The Labute approximate surface area is 184 Å². The van der Waals surface area contributed by atoms with Crippen molar-refractivity contribution in [3.63, 3.8) is 0 Å². The smallest absolute Gasteiger partial charge is 0.182 e. The molecule has 0 fully saturated rings. The fourth-order valence-electron chi connectivity index (χ4n) is 3.63. The topological polar surface area (TPSA) is 110 Å². The van der Waals surface area contributed by atoms with Crippen LogP contribution in [-0.2, 0) is 16.3 Å². The normalized spacial score (nSPS) is 11.6. The zero-order valence-electron chi connectivity index (χ0n) is 17.8. The highest BCUT2D eigenvalue weighted by molar-refractivity contribution is 7.90. The lowest BCUT2D eigenvalue weighted by Gasteiger charge is -2.18. The number of methoxy groups -OCH3 is 1. The van der Waals surface area contributed by atoms with Crippen molar-refractivity contribution in [2.75, 3.05) is 25.2 Å². The molecule has 8 nitrogen and oxygen atoms in total. The maximum atomic E-state index is 14.8. The average molecular weight is 456 g/mol. The third-order valence-corrected chi connectivity index (χ3v) is 6.37. The summed E-state index contributed by atoms with van der Waals surface area (Å²) in [6.45, 7) is 2.14. The van der Waals surface area contributed by atoms with Crippen molar-refractivity contribution in [2.45, 2.75) is 18.2 Å². The molecule has 0 radical (unpaired) electrons. The summed E-state index contributed by atoms with van der Waals surface area (Å²) in [4.78, 5) is 15.6. The number of imidazole rings is 1. The van der Waals surface area contributed by atoms with Gasteiger partial charge >= 0.3 is 0 Å². The van der Waals surface area contributed by atoms with Crippen molar-refractivity contribution >= 4 is 26.8 Å². The molecule has 4 rings (SSSR count). The molecule has 0 aliphatic heterocycles. The Morgan fingerprint density at radius 1 is 1.16 bits per heavy atom. The highest BCUT2D eigenvalue weighted by atomic mass is 32.2. The summed E-state index contributed by atoms with van der Waals surface area (Å²) in [5, 5.41) is 3.22. The number of benzene rings is 2. The van der Waals surface area contributed by atoms with Gasteiger partial charge in [0.1, 0.15) is 23.4 Å². The number of aromatic nitrogens is 4. The number of aromatic amines is 1. The van der Waals surface area contributed by atoms with E-state index in [0.717, 1.165) is 6.26 Å². The lowest BCUT2D eigenvalue weighted by atomic mass is 9.94. The Morgan fingerprint density at radius 2 is 1.91 bits per heavy atom. The van der Waals surface area contributed by atoms with Crippen LogP contribution < -0.4 is 10.1 Å². The van der Waals surface area contributed by atoms with Crippen molar-refractivity contribution in [2.24, 2.45) is 0 Å². The van der Waals surface area contributed by atoms with Crippen LogP contribution in [0.1, 0.15) is 11.1 Å². The van der Waals surface area contributed by atoms with Gasteiger partial charge < -0.3 is 15.0 Å². The molecule has 0 aliphatic rings. The molecule has 0 atom stereocenters. The molecule has 0 bridgehead atoms. The summed E-state index contributed by atoms with van der Waals surface area (Å²) in [5.41, 5.74) is 3.64. The van der Waals surface area contributed by atoms with Gasteiger partial charge in [-0.25, -0.2) is 27.8 Å². The second-order valence-electron chi connectivity index (χ2n) is 7.35. The fourth-order valence-corrected chi connectivity index (χ4v) is 4.26. The Hall–Kier alpha value is -3.53. The summed E-state index contributed by atoms with van der Waals surface area (Å²) in [5.74, 6) is 0.795. The second-order valence-corrected chi connectivity index (χ2v) is 9.36. The van der Waals surface area contributed by atoms with Crippen molar-refractivity contribution in [1.82, 2.24) is 19.9 Å². The molecule has 0 saturated carbocycles. The van der Waals surface area contributed by atoms with Crippen molar-refractivity contribution < 1.29 is 17.5 Å². The predicted molar refractivity (Wildman–Crippen MR) is 120 cm³/mol. The summed E-state index contributed by atoms with van der Waals surface area (Å²) >= 11 is 0. The van der Waals surface area contributed by atoms with Gasteiger partial charge in [-0.05, 0) is 48.2 Å². The molecular weight excluding hydrogens is 433 g/mol. The molecule has 32 heavy (non-hydrogen) atoms. The monoisotopic (exact) mass is 455 g/mol. The molecule has 2 heterocycles. The molecule has 0 spiro atoms. The Bertz CT molecular complexity index is 1380. The van der Waals surface area contributed by atoms with Gasteiger partial charge in [0, 0.05) is 18.4 Å². The molecular formula is C22H22FN5O3S. The van der Waals surface area contributed by atoms with Gasteiger partial charge in [0.15, 0.2) is 21.3 Å². The van der Waals surface area contributed by atoms with Crippen LogP contribution in [0.3, 0.4) is 0 Å². The van der Waals surface area contributed by atoms with Crippen LogP contribution in [-0.4, -0.2) is 48.3 Å². The van der Waals surface area contributed by atoms with Crippen LogP contribution in [0.25, 0.3) is 22.3 Å². The number of nitrogens with zero attached hydrogens (tertiary/aromatic N) is 3. The molecule has 0 amide bonds. The fraction of sp³-hybridized carbons (Fsp3) is 0.227. The first-order chi connectivity index (χ1) is 15.3. The molecule has 2 N–H and O–H groups in total. The number of rotatable bonds is 7. The van der Waals surface area contributed by atoms with E-state index >= 15 is 0 Å². The zero-order chi connectivity index (χ0) is 22.9. The number of halogens is 1. The van der Waals surface area contributed by atoms with E-state index in [-0.39, 0.29) is 10.7 Å². The summed E-state index contributed by atoms with van der Waals surface area (Å²) in [7, 11) is -1.79. The van der Waals surface area contributed by atoms with Crippen LogP contribution in [0.15, 0.2) is 47.9 Å². The van der Waals surface area contributed by atoms with Crippen molar-refractivity contribution in [3.05, 3.63) is 59.9 Å². The first kappa shape index (κ1) is 21.7. The van der Waals surface area contributed by atoms with Crippen LogP contribution in [0, 0.1) is 12.7 Å². The number of fused-ring (bicyclic) bond motifs is 1. The quantitative estimate of drug-likeness (QED) is 0.439. The molecule has 166 valence electrons. The molecule has 0 saturated heterocycles. The summed E-state index contributed by atoms with van der Waals surface area (Å²) < 4.78 is 44.0. The van der Waals surface area contributed by atoms with Gasteiger partial charge in [0.2, 0.25) is 0 Å². The Balaban J connectivity index is 1.65. The minimum absolute atomic E-state index is 0.202. The average Bonchev–Trinajstić information content (AvgIpc) is 3.25. The van der Waals surface area contributed by atoms with Gasteiger partial charge in [0.25, 0.3) is 0 Å². The minimum atomic E-state index is -3.32.